The molecule has 0 saturated carbocycles. The fourth-order valence-electron chi connectivity index (χ4n) is 1.82. The van der Waals surface area contributed by atoms with Crippen LogP contribution in [0.1, 0.15) is 17.3 Å². The highest BCUT2D eigenvalue weighted by Crippen LogP contribution is 2.23. The molecule has 0 saturated heterocycles. The van der Waals surface area contributed by atoms with Crippen LogP contribution < -0.4 is 5.32 Å². The topological polar surface area (TPSA) is 29.9 Å². The van der Waals surface area contributed by atoms with Crippen molar-refractivity contribution in [2.75, 3.05) is 0 Å². The standard InChI is InChI=1S/C13H14ClF2N3/c1-19-6-5-11(18-19)8-17-12(13(15)16)9-3-2-4-10(14)7-9/h2-7,12-13,17H,8H2,1H3. The first kappa shape index (κ1) is 14.0. The number of nitrogens with zero attached hydrogens (tertiary/aromatic N) is 2. The maximum atomic E-state index is 13.1. The second-order valence-electron chi connectivity index (χ2n) is 4.23. The Balaban J connectivity index is 2.08. The van der Waals surface area contributed by atoms with E-state index in [1.807, 2.05) is 0 Å². The van der Waals surface area contributed by atoms with Gasteiger partial charge < -0.3 is 0 Å². The molecular formula is C13H14ClF2N3. The summed E-state index contributed by atoms with van der Waals surface area (Å²) in [7, 11) is 1.78. The maximum absolute atomic E-state index is 13.1. The number of rotatable bonds is 5. The smallest absolute Gasteiger partial charge is 0.257 e. The Labute approximate surface area is 115 Å². The van der Waals surface area contributed by atoms with Gasteiger partial charge in [0.25, 0.3) is 6.43 Å². The van der Waals surface area contributed by atoms with Crippen LogP contribution in [-0.2, 0) is 13.6 Å². The van der Waals surface area contributed by atoms with Gasteiger partial charge in [0, 0.05) is 24.8 Å². The summed E-state index contributed by atoms with van der Waals surface area (Å²) >= 11 is 5.83. The Morgan fingerprint density at radius 3 is 2.74 bits per heavy atom. The Hall–Kier alpha value is -1.46. The summed E-state index contributed by atoms with van der Waals surface area (Å²) in [5.41, 5.74) is 1.19. The lowest BCUT2D eigenvalue weighted by molar-refractivity contribution is 0.0973. The lowest BCUT2D eigenvalue weighted by atomic mass is 10.1. The second-order valence-corrected chi connectivity index (χ2v) is 4.67. The second kappa shape index (κ2) is 6.12. The molecule has 0 fully saturated rings. The Kier molecular flexibility index (Phi) is 4.50. The molecule has 1 N–H and O–H groups in total. The predicted molar refractivity (Wildman–Crippen MR) is 70.2 cm³/mol. The van der Waals surface area contributed by atoms with Crippen molar-refractivity contribution in [3.63, 3.8) is 0 Å². The van der Waals surface area contributed by atoms with Crippen LogP contribution in [0.5, 0.6) is 0 Å². The fourth-order valence-corrected chi connectivity index (χ4v) is 2.02. The summed E-state index contributed by atoms with van der Waals surface area (Å²) < 4.78 is 27.8. The van der Waals surface area contributed by atoms with Gasteiger partial charge in [-0.3, -0.25) is 10.00 Å². The Bertz CT molecular complexity index is 542. The van der Waals surface area contributed by atoms with Gasteiger partial charge in [-0.25, -0.2) is 8.78 Å². The lowest BCUT2D eigenvalue weighted by Crippen LogP contribution is -2.27. The number of alkyl halides is 2. The number of halogens is 3. The normalized spacial score (nSPS) is 12.9. The first-order valence-electron chi connectivity index (χ1n) is 5.82. The number of aryl methyl sites for hydroxylation is 1. The molecule has 3 nitrogen and oxygen atoms in total. The third-order valence-electron chi connectivity index (χ3n) is 2.73. The minimum Gasteiger partial charge on any atom is -0.299 e. The molecular weight excluding hydrogens is 272 g/mol. The SMILES string of the molecule is Cn1ccc(CNC(c2cccc(Cl)c2)C(F)F)n1. The van der Waals surface area contributed by atoms with Gasteiger partial charge in [-0.15, -0.1) is 0 Å². The van der Waals surface area contributed by atoms with E-state index in [0.29, 0.717) is 10.6 Å². The van der Waals surface area contributed by atoms with Crippen molar-refractivity contribution >= 4 is 11.6 Å². The third-order valence-corrected chi connectivity index (χ3v) is 2.97. The van der Waals surface area contributed by atoms with Crippen LogP contribution in [0.3, 0.4) is 0 Å². The minimum absolute atomic E-state index is 0.280. The van der Waals surface area contributed by atoms with Crippen LogP contribution in [0.15, 0.2) is 36.5 Å². The van der Waals surface area contributed by atoms with Crippen molar-refractivity contribution in [1.29, 1.82) is 0 Å². The van der Waals surface area contributed by atoms with Gasteiger partial charge in [-0.2, -0.15) is 5.10 Å². The zero-order valence-electron chi connectivity index (χ0n) is 10.4. The molecule has 0 bridgehead atoms. The minimum atomic E-state index is -2.51. The molecule has 0 amide bonds. The average molecular weight is 286 g/mol. The van der Waals surface area contributed by atoms with E-state index in [9.17, 15) is 8.78 Å². The average Bonchev–Trinajstić information content (AvgIpc) is 2.75. The summed E-state index contributed by atoms with van der Waals surface area (Å²) in [6.07, 6.45) is -0.740. The number of hydrogen-bond donors (Lipinski definition) is 1. The first-order chi connectivity index (χ1) is 9.06. The van der Waals surface area contributed by atoms with E-state index in [-0.39, 0.29) is 6.54 Å². The van der Waals surface area contributed by atoms with Crippen molar-refractivity contribution in [1.82, 2.24) is 15.1 Å². The van der Waals surface area contributed by atoms with E-state index < -0.39 is 12.5 Å². The molecule has 0 spiro atoms. The Morgan fingerprint density at radius 2 is 2.16 bits per heavy atom. The van der Waals surface area contributed by atoms with Crippen LogP contribution in [-0.4, -0.2) is 16.2 Å². The molecule has 0 radical (unpaired) electrons. The molecule has 0 aliphatic heterocycles. The number of nitrogens with one attached hydrogen (secondary N) is 1. The van der Waals surface area contributed by atoms with Crippen LogP contribution in [0.2, 0.25) is 5.02 Å². The van der Waals surface area contributed by atoms with Gasteiger partial charge in [-0.05, 0) is 23.8 Å². The maximum Gasteiger partial charge on any atom is 0.257 e. The van der Waals surface area contributed by atoms with Gasteiger partial charge in [0.05, 0.1) is 11.7 Å². The summed E-state index contributed by atoms with van der Waals surface area (Å²) in [4.78, 5) is 0. The highest BCUT2D eigenvalue weighted by atomic mass is 35.5. The number of hydrogen-bond acceptors (Lipinski definition) is 2. The third kappa shape index (κ3) is 3.75. The molecule has 1 heterocycles. The molecule has 0 aliphatic carbocycles. The Morgan fingerprint density at radius 1 is 1.37 bits per heavy atom. The van der Waals surface area contributed by atoms with E-state index in [1.54, 1.807) is 48.3 Å². The van der Waals surface area contributed by atoms with Gasteiger partial charge in [0.1, 0.15) is 0 Å². The van der Waals surface area contributed by atoms with Crippen molar-refractivity contribution in [3.8, 4) is 0 Å². The quantitative estimate of drug-likeness (QED) is 0.914. The molecule has 1 aromatic carbocycles. The van der Waals surface area contributed by atoms with E-state index in [1.165, 1.54) is 0 Å². The summed E-state index contributed by atoms with van der Waals surface area (Å²) in [6.45, 7) is 0.280. The molecule has 0 aliphatic rings. The first-order valence-corrected chi connectivity index (χ1v) is 6.19. The summed E-state index contributed by atoms with van der Waals surface area (Å²) in [5, 5.41) is 7.39. The largest absolute Gasteiger partial charge is 0.299 e. The molecule has 1 unspecified atom stereocenters. The molecule has 1 atom stereocenters. The van der Waals surface area contributed by atoms with E-state index >= 15 is 0 Å². The van der Waals surface area contributed by atoms with Crippen LogP contribution >= 0.6 is 11.6 Å². The van der Waals surface area contributed by atoms with Gasteiger partial charge in [0.15, 0.2) is 0 Å². The van der Waals surface area contributed by atoms with E-state index in [4.69, 9.17) is 11.6 Å². The predicted octanol–water partition coefficient (Wildman–Crippen LogP) is 3.17. The highest BCUT2D eigenvalue weighted by molar-refractivity contribution is 6.30. The molecule has 6 heteroatoms. The van der Waals surface area contributed by atoms with Crippen molar-refractivity contribution in [2.24, 2.45) is 7.05 Å². The molecule has 2 aromatic rings. The zero-order valence-corrected chi connectivity index (χ0v) is 11.1. The fraction of sp³-hybridized carbons (Fsp3) is 0.308. The van der Waals surface area contributed by atoms with Crippen LogP contribution in [0, 0.1) is 0 Å². The summed E-state index contributed by atoms with van der Waals surface area (Å²) in [5.74, 6) is 0. The molecule has 102 valence electrons. The molecule has 1 aromatic heterocycles. The highest BCUT2D eigenvalue weighted by Gasteiger charge is 2.22. The van der Waals surface area contributed by atoms with Crippen LogP contribution in [0.4, 0.5) is 8.78 Å². The number of benzene rings is 1. The van der Waals surface area contributed by atoms with E-state index in [2.05, 4.69) is 10.4 Å². The number of aromatic nitrogens is 2. The summed E-state index contributed by atoms with van der Waals surface area (Å²) in [6, 6.07) is 7.23. The molecule has 19 heavy (non-hydrogen) atoms. The van der Waals surface area contributed by atoms with Crippen molar-refractivity contribution in [2.45, 2.75) is 19.0 Å². The van der Waals surface area contributed by atoms with Gasteiger partial charge in [-0.1, -0.05) is 23.7 Å². The van der Waals surface area contributed by atoms with Crippen molar-refractivity contribution in [3.05, 3.63) is 52.8 Å². The van der Waals surface area contributed by atoms with Gasteiger partial charge >= 0.3 is 0 Å². The zero-order chi connectivity index (χ0) is 13.8. The lowest BCUT2D eigenvalue weighted by Gasteiger charge is -2.18. The van der Waals surface area contributed by atoms with E-state index in [0.717, 1.165) is 5.69 Å². The van der Waals surface area contributed by atoms with Gasteiger partial charge in [0.2, 0.25) is 0 Å². The molecule has 2 rings (SSSR count). The monoisotopic (exact) mass is 285 g/mol. The van der Waals surface area contributed by atoms with Crippen LogP contribution in [0.25, 0.3) is 0 Å². The van der Waals surface area contributed by atoms with Crippen molar-refractivity contribution < 1.29 is 8.78 Å².